The highest BCUT2D eigenvalue weighted by Gasteiger charge is 2.10. The molecule has 90 valence electrons. The minimum atomic E-state index is -1.09. The number of carboxylic acids is 1. The molecule has 2 aromatic rings. The van der Waals surface area contributed by atoms with Crippen LogP contribution in [0.25, 0.3) is 11.1 Å². The van der Waals surface area contributed by atoms with E-state index in [0.717, 1.165) is 6.07 Å². The molecule has 2 rings (SSSR count). The molecule has 0 aliphatic rings. The fourth-order valence-electron chi connectivity index (χ4n) is 1.26. The molecule has 1 N–H and O–H groups in total. The van der Waals surface area contributed by atoms with Crippen LogP contribution in [-0.4, -0.2) is 22.7 Å². The number of rotatable bonds is 4. The molecule has 5 nitrogen and oxygen atoms in total. The van der Waals surface area contributed by atoms with Gasteiger partial charge in [-0.15, -0.1) is 0 Å². The standard InChI is InChI=1S/C10H7ClFNO4/c11-5-1-7-8(2-6(5)12)17-9(13-7)3-16-4-10(14)15/h1-2H,3-4H2,(H,14,15). The van der Waals surface area contributed by atoms with E-state index in [0.29, 0.717) is 5.52 Å². The van der Waals surface area contributed by atoms with Gasteiger partial charge in [0.15, 0.2) is 5.58 Å². The fourth-order valence-corrected chi connectivity index (χ4v) is 1.42. The van der Waals surface area contributed by atoms with Crippen LogP contribution >= 0.6 is 11.6 Å². The number of hydrogen-bond donors (Lipinski definition) is 1. The van der Waals surface area contributed by atoms with Gasteiger partial charge in [0, 0.05) is 6.07 Å². The highest BCUT2D eigenvalue weighted by molar-refractivity contribution is 6.31. The van der Waals surface area contributed by atoms with Crippen LogP contribution in [0.2, 0.25) is 5.02 Å². The molecule has 1 aromatic heterocycles. The van der Waals surface area contributed by atoms with Crippen molar-refractivity contribution in [1.82, 2.24) is 4.98 Å². The summed E-state index contributed by atoms with van der Waals surface area (Å²) < 4.78 is 23.0. The Morgan fingerprint density at radius 1 is 1.59 bits per heavy atom. The van der Waals surface area contributed by atoms with Gasteiger partial charge in [0.2, 0.25) is 5.89 Å². The smallest absolute Gasteiger partial charge is 0.329 e. The second-order valence-corrected chi connectivity index (χ2v) is 3.64. The molecular formula is C10H7ClFNO4. The molecule has 1 heterocycles. The molecule has 0 atom stereocenters. The molecule has 0 spiro atoms. The van der Waals surface area contributed by atoms with Crippen molar-refractivity contribution in [1.29, 1.82) is 0 Å². The number of aromatic nitrogens is 1. The lowest BCUT2D eigenvalue weighted by molar-refractivity contribution is -0.142. The van der Waals surface area contributed by atoms with E-state index in [-0.39, 0.29) is 23.1 Å². The third-order valence-corrected chi connectivity index (χ3v) is 2.22. The van der Waals surface area contributed by atoms with Gasteiger partial charge in [0.25, 0.3) is 0 Å². The minimum absolute atomic E-state index is 0.0520. The van der Waals surface area contributed by atoms with Gasteiger partial charge in [-0.3, -0.25) is 0 Å². The lowest BCUT2D eigenvalue weighted by Gasteiger charge is -1.94. The van der Waals surface area contributed by atoms with Crippen molar-refractivity contribution in [2.45, 2.75) is 6.61 Å². The van der Waals surface area contributed by atoms with E-state index in [1.54, 1.807) is 0 Å². The SMILES string of the molecule is O=C(O)COCc1nc2cc(Cl)c(F)cc2o1. The topological polar surface area (TPSA) is 72.6 Å². The lowest BCUT2D eigenvalue weighted by Crippen LogP contribution is -2.06. The van der Waals surface area contributed by atoms with Crippen molar-refractivity contribution in [3.8, 4) is 0 Å². The number of nitrogens with zero attached hydrogens (tertiary/aromatic N) is 1. The van der Waals surface area contributed by atoms with Gasteiger partial charge in [0.1, 0.15) is 24.5 Å². The number of fused-ring (bicyclic) bond motifs is 1. The maximum Gasteiger partial charge on any atom is 0.329 e. The molecule has 0 radical (unpaired) electrons. The van der Waals surface area contributed by atoms with E-state index in [4.69, 9.17) is 25.9 Å². The first-order valence-electron chi connectivity index (χ1n) is 4.60. The summed E-state index contributed by atoms with van der Waals surface area (Å²) in [5.74, 6) is -1.52. The Morgan fingerprint density at radius 2 is 2.35 bits per heavy atom. The van der Waals surface area contributed by atoms with Crippen LogP contribution in [-0.2, 0) is 16.1 Å². The fraction of sp³-hybridized carbons (Fsp3) is 0.200. The van der Waals surface area contributed by atoms with E-state index >= 15 is 0 Å². The zero-order valence-electron chi connectivity index (χ0n) is 8.44. The summed E-state index contributed by atoms with van der Waals surface area (Å²) in [7, 11) is 0. The number of aliphatic carboxylic acids is 1. The van der Waals surface area contributed by atoms with Gasteiger partial charge < -0.3 is 14.3 Å². The summed E-state index contributed by atoms with van der Waals surface area (Å²) in [6.45, 7) is -0.548. The normalized spacial score (nSPS) is 10.9. The molecule has 0 amide bonds. The Bertz CT molecular complexity index is 530. The number of carboxylic acid groups (broad SMARTS) is 1. The van der Waals surface area contributed by atoms with Crippen LogP contribution < -0.4 is 0 Å². The highest BCUT2D eigenvalue weighted by atomic mass is 35.5. The van der Waals surface area contributed by atoms with Crippen molar-refractivity contribution >= 4 is 28.7 Å². The summed E-state index contributed by atoms with van der Waals surface area (Å²) in [4.78, 5) is 14.2. The molecule has 0 saturated heterocycles. The van der Waals surface area contributed by atoms with Crippen LogP contribution in [0.1, 0.15) is 5.89 Å². The average Bonchev–Trinajstić information content (AvgIpc) is 2.60. The summed E-state index contributed by atoms with van der Waals surface area (Å²) in [6, 6.07) is 2.45. The monoisotopic (exact) mass is 259 g/mol. The van der Waals surface area contributed by atoms with Crippen molar-refractivity contribution in [3.63, 3.8) is 0 Å². The van der Waals surface area contributed by atoms with Crippen molar-refractivity contribution in [2.24, 2.45) is 0 Å². The highest BCUT2D eigenvalue weighted by Crippen LogP contribution is 2.23. The maximum atomic E-state index is 13.1. The molecule has 7 heteroatoms. The van der Waals surface area contributed by atoms with E-state index in [2.05, 4.69) is 4.98 Å². The minimum Gasteiger partial charge on any atom is -0.480 e. The van der Waals surface area contributed by atoms with E-state index < -0.39 is 18.4 Å². The molecule has 0 bridgehead atoms. The Hall–Kier alpha value is -1.66. The molecular weight excluding hydrogens is 253 g/mol. The lowest BCUT2D eigenvalue weighted by atomic mass is 10.3. The first-order chi connectivity index (χ1) is 8.06. The summed E-state index contributed by atoms with van der Waals surface area (Å²) in [5, 5.41) is 8.31. The van der Waals surface area contributed by atoms with Crippen LogP contribution in [0.5, 0.6) is 0 Å². The van der Waals surface area contributed by atoms with E-state index in [9.17, 15) is 9.18 Å². The van der Waals surface area contributed by atoms with Crippen LogP contribution in [0, 0.1) is 5.82 Å². The first kappa shape index (κ1) is 11.8. The number of benzene rings is 1. The van der Waals surface area contributed by atoms with Gasteiger partial charge in [-0.2, -0.15) is 0 Å². The van der Waals surface area contributed by atoms with Crippen molar-refractivity contribution < 1.29 is 23.4 Å². The second-order valence-electron chi connectivity index (χ2n) is 3.23. The molecule has 0 aliphatic heterocycles. The zero-order chi connectivity index (χ0) is 12.4. The van der Waals surface area contributed by atoms with Gasteiger partial charge in [0.05, 0.1) is 5.02 Å². The number of hydrogen-bond acceptors (Lipinski definition) is 4. The van der Waals surface area contributed by atoms with E-state index in [1.807, 2.05) is 0 Å². The van der Waals surface area contributed by atoms with Gasteiger partial charge in [-0.1, -0.05) is 11.6 Å². The molecule has 0 aliphatic carbocycles. The first-order valence-corrected chi connectivity index (χ1v) is 4.98. The third kappa shape index (κ3) is 2.72. The Morgan fingerprint density at radius 3 is 3.06 bits per heavy atom. The number of ether oxygens (including phenoxy) is 1. The number of halogens is 2. The Kier molecular flexibility index (Phi) is 3.26. The number of oxazole rings is 1. The summed E-state index contributed by atoms with van der Waals surface area (Å²) in [6.07, 6.45) is 0. The van der Waals surface area contributed by atoms with E-state index in [1.165, 1.54) is 6.07 Å². The maximum absolute atomic E-state index is 13.1. The quantitative estimate of drug-likeness (QED) is 0.911. The average molecular weight is 260 g/mol. The van der Waals surface area contributed by atoms with Crippen molar-refractivity contribution in [3.05, 3.63) is 28.9 Å². The molecule has 0 unspecified atom stereocenters. The molecule has 1 aromatic carbocycles. The largest absolute Gasteiger partial charge is 0.480 e. The number of carbonyl (C=O) groups is 1. The zero-order valence-corrected chi connectivity index (χ0v) is 9.20. The van der Waals surface area contributed by atoms with Crippen molar-refractivity contribution in [2.75, 3.05) is 6.61 Å². The second kappa shape index (κ2) is 4.68. The Balaban J connectivity index is 2.17. The van der Waals surface area contributed by atoms with Gasteiger partial charge in [-0.25, -0.2) is 14.2 Å². The molecule has 0 saturated carbocycles. The van der Waals surface area contributed by atoms with Crippen LogP contribution in [0.3, 0.4) is 0 Å². The van der Waals surface area contributed by atoms with Gasteiger partial charge >= 0.3 is 5.97 Å². The molecule has 0 fully saturated rings. The van der Waals surface area contributed by atoms with Gasteiger partial charge in [-0.05, 0) is 6.07 Å². The molecule has 17 heavy (non-hydrogen) atoms. The third-order valence-electron chi connectivity index (χ3n) is 1.93. The predicted molar refractivity (Wildman–Crippen MR) is 56.3 cm³/mol. The summed E-state index contributed by atoms with van der Waals surface area (Å²) in [5.41, 5.74) is 0.631. The Labute approximate surface area is 99.8 Å². The summed E-state index contributed by atoms with van der Waals surface area (Å²) >= 11 is 5.58. The van der Waals surface area contributed by atoms with Crippen LogP contribution in [0.15, 0.2) is 16.5 Å². The van der Waals surface area contributed by atoms with Crippen LogP contribution in [0.4, 0.5) is 4.39 Å². The predicted octanol–water partition coefficient (Wildman–Crippen LogP) is 2.22.